The van der Waals surface area contributed by atoms with E-state index in [2.05, 4.69) is 42.6 Å². The zero-order valence-corrected chi connectivity index (χ0v) is 11.6. The Morgan fingerprint density at radius 2 is 1.56 bits per heavy atom. The monoisotopic (exact) mass is 227 g/mol. The summed E-state index contributed by atoms with van der Waals surface area (Å²) in [4.78, 5) is 7.54. The second-order valence-electron chi connectivity index (χ2n) is 5.15. The van der Waals surface area contributed by atoms with Gasteiger partial charge in [-0.25, -0.2) is 0 Å². The Morgan fingerprint density at radius 3 is 2.00 bits per heavy atom. The maximum absolute atomic E-state index is 2.67. The molecule has 1 rings (SSSR count). The third-order valence-corrected chi connectivity index (χ3v) is 3.73. The van der Waals surface area contributed by atoms with Gasteiger partial charge in [0.05, 0.1) is 0 Å². The van der Waals surface area contributed by atoms with Crippen molar-refractivity contribution in [2.75, 3.05) is 53.4 Å². The number of hydrogen-bond acceptors (Lipinski definition) is 3. The van der Waals surface area contributed by atoms with Crippen LogP contribution in [0.4, 0.5) is 0 Å². The zero-order valence-electron chi connectivity index (χ0n) is 11.6. The van der Waals surface area contributed by atoms with Gasteiger partial charge < -0.3 is 4.90 Å². The van der Waals surface area contributed by atoms with E-state index in [9.17, 15) is 0 Å². The van der Waals surface area contributed by atoms with Gasteiger partial charge in [0.1, 0.15) is 0 Å². The van der Waals surface area contributed by atoms with E-state index in [1.807, 2.05) is 0 Å². The first kappa shape index (κ1) is 13.9. The average molecular weight is 227 g/mol. The molecule has 3 heteroatoms. The van der Waals surface area contributed by atoms with Crippen LogP contribution in [0.1, 0.15) is 26.7 Å². The Bertz CT molecular complexity index is 170. The van der Waals surface area contributed by atoms with Crippen LogP contribution < -0.4 is 0 Å². The highest BCUT2D eigenvalue weighted by atomic mass is 15.3. The Labute approximate surface area is 101 Å². The van der Waals surface area contributed by atoms with Gasteiger partial charge in [0, 0.05) is 45.3 Å². The van der Waals surface area contributed by atoms with Gasteiger partial charge in [-0.15, -0.1) is 0 Å². The predicted octanol–water partition coefficient (Wildman–Crippen LogP) is 1.35. The van der Waals surface area contributed by atoms with Crippen molar-refractivity contribution in [1.29, 1.82) is 0 Å². The molecule has 0 N–H and O–H groups in total. The fourth-order valence-electron chi connectivity index (χ4n) is 2.50. The third-order valence-electron chi connectivity index (χ3n) is 3.73. The van der Waals surface area contributed by atoms with Crippen molar-refractivity contribution in [3.8, 4) is 0 Å². The van der Waals surface area contributed by atoms with E-state index in [1.54, 1.807) is 0 Å². The summed E-state index contributed by atoms with van der Waals surface area (Å²) in [5.74, 6) is 0. The van der Waals surface area contributed by atoms with Gasteiger partial charge in [-0.05, 0) is 26.9 Å². The molecule has 0 amide bonds. The molecule has 0 radical (unpaired) electrons. The van der Waals surface area contributed by atoms with Crippen molar-refractivity contribution in [3.63, 3.8) is 0 Å². The van der Waals surface area contributed by atoms with E-state index >= 15 is 0 Å². The first-order chi connectivity index (χ1) is 7.67. The van der Waals surface area contributed by atoms with Crippen LogP contribution in [0.15, 0.2) is 0 Å². The molecule has 0 unspecified atom stereocenters. The molecular formula is C13H29N3. The van der Waals surface area contributed by atoms with Crippen molar-refractivity contribution >= 4 is 0 Å². The van der Waals surface area contributed by atoms with Crippen LogP contribution in [0.5, 0.6) is 0 Å². The summed E-state index contributed by atoms with van der Waals surface area (Å²) in [5, 5.41) is 0. The smallest absolute Gasteiger partial charge is 0.0113 e. The summed E-state index contributed by atoms with van der Waals surface area (Å²) in [7, 11) is 4.31. The average Bonchev–Trinajstić information content (AvgIpc) is 2.29. The maximum atomic E-state index is 2.67. The molecule has 96 valence electrons. The lowest BCUT2D eigenvalue weighted by atomic mass is 10.1. The van der Waals surface area contributed by atoms with E-state index in [1.165, 1.54) is 52.1 Å². The molecule has 16 heavy (non-hydrogen) atoms. The summed E-state index contributed by atoms with van der Waals surface area (Å²) < 4.78 is 0. The Kier molecular flexibility index (Phi) is 6.32. The second kappa shape index (κ2) is 7.25. The number of rotatable bonds is 6. The molecule has 0 aliphatic carbocycles. The molecule has 1 fully saturated rings. The standard InChI is InChI=1S/C13H29N3/c1-5-13(6-2)16-11-9-15(10-12-16)8-7-14(3)4/h13H,5-12H2,1-4H3. The fourth-order valence-corrected chi connectivity index (χ4v) is 2.50. The van der Waals surface area contributed by atoms with Crippen LogP contribution in [-0.4, -0.2) is 74.1 Å². The molecule has 1 aliphatic heterocycles. The molecule has 0 spiro atoms. The number of nitrogens with zero attached hydrogens (tertiary/aromatic N) is 3. The van der Waals surface area contributed by atoms with Crippen LogP contribution in [-0.2, 0) is 0 Å². The molecule has 0 aromatic rings. The molecule has 0 atom stereocenters. The van der Waals surface area contributed by atoms with Gasteiger partial charge in [-0.1, -0.05) is 13.8 Å². The highest BCUT2D eigenvalue weighted by molar-refractivity contribution is 4.77. The van der Waals surface area contributed by atoms with Gasteiger partial charge in [-0.2, -0.15) is 0 Å². The van der Waals surface area contributed by atoms with E-state index in [-0.39, 0.29) is 0 Å². The Hall–Kier alpha value is -0.120. The molecule has 0 aromatic heterocycles. The van der Waals surface area contributed by atoms with Crippen LogP contribution in [0.3, 0.4) is 0 Å². The minimum Gasteiger partial charge on any atom is -0.308 e. The van der Waals surface area contributed by atoms with E-state index in [0.717, 1.165) is 6.04 Å². The van der Waals surface area contributed by atoms with Crippen molar-refractivity contribution in [2.45, 2.75) is 32.7 Å². The molecule has 1 saturated heterocycles. The maximum Gasteiger partial charge on any atom is 0.0113 e. The summed E-state index contributed by atoms with van der Waals surface area (Å²) in [6.45, 7) is 12.1. The predicted molar refractivity (Wildman–Crippen MR) is 70.9 cm³/mol. The number of piperazine rings is 1. The summed E-state index contributed by atoms with van der Waals surface area (Å²) >= 11 is 0. The number of hydrogen-bond donors (Lipinski definition) is 0. The van der Waals surface area contributed by atoms with Crippen molar-refractivity contribution in [2.24, 2.45) is 0 Å². The first-order valence-electron chi connectivity index (χ1n) is 6.78. The van der Waals surface area contributed by atoms with Gasteiger partial charge >= 0.3 is 0 Å². The first-order valence-corrected chi connectivity index (χ1v) is 6.78. The fraction of sp³-hybridized carbons (Fsp3) is 1.00. The highest BCUT2D eigenvalue weighted by Crippen LogP contribution is 2.11. The zero-order chi connectivity index (χ0) is 12.0. The van der Waals surface area contributed by atoms with Crippen molar-refractivity contribution in [3.05, 3.63) is 0 Å². The quantitative estimate of drug-likeness (QED) is 0.678. The molecular weight excluding hydrogens is 198 g/mol. The topological polar surface area (TPSA) is 9.72 Å². The summed E-state index contributed by atoms with van der Waals surface area (Å²) in [6, 6.07) is 0.816. The molecule has 0 saturated carbocycles. The third kappa shape index (κ3) is 4.40. The normalized spacial score (nSPS) is 19.9. The van der Waals surface area contributed by atoms with Crippen LogP contribution >= 0.6 is 0 Å². The van der Waals surface area contributed by atoms with E-state index in [4.69, 9.17) is 0 Å². The van der Waals surface area contributed by atoms with Crippen LogP contribution in [0, 0.1) is 0 Å². The van der Waals surface area contributed by atoms with Gasteiger partial charge in [-0.3, -0.25) is 9.80 Å². The van der Waals surface area contributed by atoms with Crippen molar-refractivity contribution in [1.82, 2.24) is 14.7 Å². The lowest BCUT2D eigenvalue weighted by molar-refractivity contribution is 0.0881. The lowest BCUT2D eigenvalue weighted by Crippen LogP contribution is -2.51. The second-order valence-corrected chi connectivity index (χ2v) is 5.15. The number of likely N-dealkylation sites (N-methyl/N-ethyl adjacent to an activating group) is 1. The molecule has 1 aliphatic rings. The summed E-state index contributed by atoms with van der Waals surface area (Å²) in [5.41, 5.74) is 0. The Morgan fingerprint density at radius 1 is 1.00 bits per heavy atom. The van der Waals surface area contributed by atoms with Crippen LogP contribution in [0.2, 0.25) is 0 Å². The summed E-state index contributed by atoms with van der Waals surface area (Å²) in [6.07, 6.45) is 2.60. The SMILES string of the molecule is CCC(CC)N1CCN(CCN(C)C)CC1. The molecule has 1 heterocycles. The van der Waals surface area contributed by atoms with E-state index < -0.39 is 0 Å². The minimum atomic E-state index is 0.816. The highest BCUT2D eigenvalue weighted by Gasteiger charge is 2.21. The van der Waals surface area contributed by atoms with Crippen molar-refractivity contribution < 1.29 is 0 Å². The lowest BCUT2D eigenvalue weighted by Gasteiger charge is -2.39. The molecule has 3 nitrogen and oxygen atoms in total. The molecule has 0 bridgehead atoms. The van der Waals surface area contributed by atoms with Gasteiger partial charge in [0.25, 0.3) is 0 Å². The largest absolute Gasteiger partial charge is 0.308 e. The van der Waals surface area contributed by atoms with Crippen LogP contribution in [0.25, 0.3) is 0 Å². The van der Waals surface area contributed by atoms with E-state index in [0.29, 0.717) is 0 Å². The minimum absolute atomic E-state index is 0.816. The van der Waals surface area contributed by atoms with Gasteiger partial charge in [0.2, 0.25) is 0 Å². The molecule has 0 aromatic carbocycles. The van der Waals surface area contributed by atoms with Gasteiger partial charge in [0.15, 0.2) is 0 Å². The Balaban J connectivity index is 2.22.